The number of nitrogens with zero attached hydrogens (tertiary/aromatic N) is 1. The minimum atomic E-state index is -5.21. The molecule has 0 aliphatic carbocycles. The molecule has 4 amide bonds. The predicted molar refractivity (Wildman–Crippen MR) is 91.0 cm³/mol. The van der Waals surface area contributed by atoms with Crippen LogP contribution in [0, 0.1) is 0 Å². The molecule has 2 aromatic rings. The Labute approximate surface area is 156 Å². The number of hydrogen-bond acceptors (Lipinski definition) is 4. The third-order valence-electron chi connectivity index (χ3n) is 4.04. The van der Waals surface area contributed by atoms with E-state index in [4.69, 9.17) is 0 Å². The van der Waals surface area contributed by atoms with Crippen LogP contribution in [-0.2, 0) is 11.2 Å². The van der Waals surface area contributed by atoms with Crippen LogP contribution in [0.15, 0.2) is 47.8 Å². The molecule has 1 aliphatic heterocycles. The summed E-state index contributed by atoms with van der Waals surface area (Å²) in [6, 6.07) is 10.3. The van der Waals surface area contributed by atoms with Crippen molar-refractivity contribution in [2.45, 2.75) is 18.3 Å². The SMILES string of the molecule is O=C(N[C@@]1(C(F)(F)F)NC(=O)N(CCc2ccccc2)C1=O)c1cccs1. The van der Waals surface area contributed by atoms with Crippen molar-refractivity contribution in [1.82, 2.24) is 15.5 Å². The molecule has 0 saturated carbocycles. The van der Waals surface area contributed by atoms with Crippen molar-refractivity contribution in [2.75, 3.05) is 6.54 Å². The van der Waals surface area contributed by atoms with Crippen molar-refractivity contribution in [1.29, 1.82) is 0 Å². The molecule has 0 spiro atoms. The zero-order chi connectivity index (χ0) is 19.7. The van der Waals surface area contributed by atoms with E-state index < -0.39 is 29.7 Å². The number of benzene rings is 1. The third kappa shape index (κ3) is 3.52. The zero-order valence-corrected chi connectivity index (χ0v) is 14.6. The highest BCUT2D eigenvalue weighted by Gasteiger charge is 2.68. The van der Waals surface area contributed by atoms with Gasteiger partial charge in [0.15, 0.2) is 0 Å². The fourth-order valence-electron chi connectivity index (χ4n) is 2.65. The highest BCUT2D eigenvalue weighted by Crippen LogP contribution is 2.34. The molecule has 1 aromatic heterocycles. The quantitative estimate of drug-likeness (QED) is 0.761. The molecule has 1 saturated heterocycles. The smallest absolute Gasteiger partial charge is 0.313 e. The summed E-state index contributed by atoms with van der Waals surface area (Å²) < 4.78 is 41.1. The maximum Gasteiger partial charge on any atom is 0.440 e. The second-order valence-corrected chi connectivity index (χ2v) is 6.75. The molecule has 142 valence electrons. The number of alkyl halides is 3. The van der Waals surface area contributed by atoms with Gasteiger partial charge in [-0.2, -0.15) is 13.2 Å². The van der Waals surface area contributed by atoms with Crippen molar-refractivity contribution >= 4 is 29.2 Å². The molecular weight excluding hydrogens is 383 g/mol. The van der Waals surface area contributed by atoms with Gasteiger partial charge in [0.25, 0.3) is 17.5 Å². The van der Waals surface area contributed by atoms with E-state index in [-0.39, 0.29) is 17.8 Å². The van der Waals surface area contributed by atoms with E-state index in [0.29, 0.717) is 4.90 Å². The van der Waals surface area contributed by atoms with Gasteiger partial charge in [-0.15, -0.1) is 11.3 Å². The van der Waals surface area contributed by atoms with Gasteiger partial charge in [0.2, 0.25) is 0 Å². The van der Waals surface area contributed by atoms with Crippen LogP contribution in [0.3, 0.4) is 0 Å². The second kappa shape index (κ2) is 7.03. The number of imide groups is 1. The molecule has 0 unspecified atom stereocenters. The van der Waals surface area contributed by atoms with Crippen LogP contribution in [0.4, 0.5) is 18.0 Å². The Bertz CT molecular complexity index is 855. The van der Waals surface area contributed by atoms with Crippen LogP contribution in [-0.4, -0.2) is 41.1 Å². The number of thiophene rings is 1. The molecule has 6 nitrogen and oxygen atoms in total. The summed E-state index contributed by atoms with van der Waals surface area (Å²) in [5.74, 6) is -2.65. The van der Waals surface area contributed by atoms with E-state index in [1.165, 1.54) is 17.5 Å². The first-order chi connectivity index (χ1) is 12.7. The van der Waals surface area contributed by atoms with Crippen LogP contribution in [0.5, 0.6) is 0 Å². The summed E-state index contributed by atoms with van der Waals surface area (Å²) in [7, 11) is 0. The van der Waals surface area contributed by atoms with Crippen molar-refractivity contribution < 1.29 is 27.6 Å². The number of carbonyl (C=O) groups is 3. The lowest BCUT2D eigenvalue weighted by atomic mass is 10.1. The predicted octanol–water partition coefficient (Wildman–Crippen LogP) is 2.53. The Morgan fingerprint density at radius 3 is 2.44 bits per heavy atom. The van der Waals surface area contributed by atoms with E-state index in [2.05, 4.69) is 0 Å². The number of urea groups is 1. The van der Waals surface area contributed by atoms with Crippen LogP contribution < -0.4 is 10.6 Å². The van der Waals surface area contributed by atoms with Crippen LogP contribution in [0.1, 0.15) is 15.2 Å². The van der Waals surface area contributed by atoms with Crippen molar-refractivity contribution in [2.24, 2.45) is 0 Å². The van der Waals surface area contributed by atoms with Crippen LogP contribution in [0.2, 0.25) is 0 Å². The van der Waals surface area contributed by atoms with Gasteiger partial charge in [-0.25, -0.2) is 4.79 Å². The number of hydrogen-bond donors (Lipinski definition) is 2. The van der Waals surface area contributed by atoms with Gasteiger partial charge in [0, 0.05) is 6.54 Å². The van der Waals surface area contributed by atoms with E-state index >= 15 is 0 Å². The third-order valence-corrected chi connectivity index (χ3v) is 4.91. The van der Waals surface area contributed by atoms with Gasteiger partial charge in [0.05, 0.1) is 4.88 Å². The van der Waals surface area contributed by atoms with E-state index in [0.717, 1.165) is 16.9 Å². The number of carbonyl (C=O) groups excluding carboxylic acids is 3. The zero-order valence-electron chi connectivity index (χ0n) is 13.7. The second-order valence-electron chi connectivity index (χ2n) is 5.80. The Morgan fingerprint density at radius 1 is 1.15 bits per heavy atom. The molecule has 1 atom stereocenters. The van der Waals surface area contributed by atoms with Crippen LogP contribution >= 0.6 is 11.3 Å². The maximum absolute atomic E-state index is 13.7. The molecule has 3 rings (SSSR count). The topological polar surface area (TPSA) is 78.5 Å². The first-order valence-electron chi connectivity index (χ1n) is 7.85. The minimum Gasteiger partial charge on any atom is -0.313 e. The highest BCUT2D eigenvalue weighted by atomic mass is 32.1. The largest absolute Gasteiger partial charge is 0.440 e. The lowest BCUT2D eigenvalue weighted by Gasteiger charge is -2.29. The lowest BCUT2D eigenvalue weighted by Crippen LogP contribution is -2.69. The van der Waals surface area contributed by atoms with Gasteiger partial charge in [-0.05, 0) is 23.4 Å². The normalized spacial score (nSPS) is 19.9. The Morgan fingerprint density at radius 2 is 1.85 bits per heavy atom. The number of nitrogens with one attached hydrogen (secondary N) is 2. The summed E-state index contributed by atoms with van der Waals surface area (Å²) in [6.07, 6.45) is -5.03. The summed E-state index contributed by atoms with van der Waals surface area (Å²) in [5.41, 5.74) is -2.73. The molecule has 0 bridgehead atoms. The molecule has 10 heteroatoms. The fraction of sp³-hybridized carbons (Fsp3) is 0.235. The monoisotopic (exact) mass is 397 g/mol. The number of amides is 4. The molecule has 2 N–H and O–H groups in total. The molecule has 1 aliphatic rings. The molecule has 1 aromatic carbocycles. The van der Waals surface area contributed by atoms with Crippen molar-refractivity contribution in [3.8, 4) is 0 Å². The Balaban J connectivity index is 1.83. The lowest BCUT2D eigenvalue weighted by molar-refractivity contribution is -0.200. The molecular formula is C17H14F3N3O3S. The summed E-state index contributed by atoms with van der Waals surface area (Å²) in [4.78, 5) is 37.2. The van der Waals surface area contributed by atoms with Gasteiger partial charge >= 0.3 is 12.2 Å². The van der Waals surface area contributed by atoms with E-state index in [9.17, 15) is 27.6 Å². The van der Waals surface area contributed by atoms with Gasteiger partial charge in [-0.3, -0.25) is 19.8 Å². The average molecular weight is 397 g/mol. The number of rotatable bonds is 5. The molecule has 0 radical (unpaired) electrons. The van der Waals surface area contributed by atoms with Crippen LogP contribution in [0.25, 0.3) is 0 Å². The summed E-state index contributed by atoms with van der Waals surface area (Å²) in [6.45, 7) is -0.249. The van der Waals surface area contributed by atoms with Gasteiger partial charge in [0.1, 0.15) is 0 Å². The fourth-order valence-corrected chi connectivity index (χ4v) is 3.27. The van der Waals surface area contributed by atoms with Gasteiger partial charge < -0.3 is 5.32 Å². The maximum atomic E-state index is 13.7. The molecule has 1 fully saturated rings. The highest BCUT2D eigenvalue weighted by molar-refractivity contribution is 7.12. The summed E-state index contributed by atoms with van der Waals surface area (Å²) >= 11 is 0.917. The van der Waals surface area contributed by atoms with E-state index in [1.54, 1.807) is 41.0 Å². The molecule has 2 heterocycles. The minimum absolute atomic E-state index is 0.0107. The first kappa shape index (κ1) is 18.9. The van der Waals surface area contributed by atoms with Gasteiger partial charge in [-0.1, -0.05) is 36.4 Å². The first-order valence-corrected chi connectivity index (χ1v) is 8.73. The molecule has 27 heavy (non-hydrogen) atoms. The Kier molecular flexibility index (Phi) is 4.92. The van der Waals surface area contributed by atoms with Crippen molar-refractivity contribution in [3.63, 3.8) is 0 Å². The van der Waals surface area contributed by atoms with E-state index in [1.807, 2.05) is 0 Å². The summed E-state index contributed by atoms with van der Waals surface area (Å²) in [5, 5.41) is 4.80. The van der Waals surface area contributed by atoms with Crippen molar-refractivity contribution in [3.05, 3.63) is 58.3 Å². The standard InChI is InChI=1S/C17H14F3N3O3S/c18-17(19,20)16(21-13(24)12-7-4-10-27-12)14(25)23(15(26)22-16)9-8-11-5-2-1-3-6-11/h1-7,10H,8-9H2,(H,21,24)(H,22,26)/t16-/m1/s1. The number of halogens is 3. The average Bonchev–Trinajstić information content (AvgIpc) is 3.22. The Hall–Kier alpha value is -2.88.